The van der Waals surface area contributed by atoms with Gasteiger partial charge >= 0.3 is 0 Å². The summed E-state index contributed by atoms with van der Waals surface area (Å²) in [4.78, 5) is 30.8. The van der Waals surface area contributed by atoms with Crippen LogP contribution in [0.1, 0.15) is 76.0 Å². The van der Waals surface area contributed by atoms with Crippen molar-refractivity contribution in [2.24, 2.45) is 10.8 Å². The van der Waals surface area contributed by atoms with Crippen molar-refractivity contribution in [3.63, 3.8) is 0 Å². The Balaban J connectivity index is 1.55. The second kappa shape index (κ2) is 11.4. The van der Waals surface area contributed by atoms with Gasteiger partial charge in [-0.15, -0.1) is 0 Å². The van der Waals surface area contributed by atoms with Crippen LogP contribution in [0.25, 0.3) is 0 Å². The summed E-state index contributed by atoms with van der Waals surface area (Å²) >= 11 is 10.3. The minimum absolute atomic E-state index is 0.0928. The maximum absolute atomic E-state index is 14.3. The Hall–Kier alpha value is -3.15. The third-order valence-corrected chi connectivity index (χ3v) is 9.84. The van der Waals surface area contributed by atoms with Gasteiger partial charge in [0.25, 0.3) is 0 Å². The van der Waals surface area contributed by atoms with Crippen molar-refractivity contribution in [3.8, 4) is 5.75 Å². The number of rotatable bonds is 6. The van der Waals surface area contributed by atoms with Crippen molar-refractivity contribution in [2.75, 3.05) is 0 Å². The summed E-state index contributed by atoms with van der Waals surface area (Å²) in [5.41, 5.74) is 6.01. The number of benzene rings is 3. The molecule has 0 spiro atoms. The predicted octanol–water partition coefficient (Wildman–Crippen LogP) is 9.57. The van der Waals surface area contributed by atoms with E-state index in [0.29, 0.717) is 36.8 Å². The molecule has 0 atom stereocenters. The molecular weight excluding hydrogens is 622 g/mol. The van der Waals surface area contributed by atoms with Crippen LogP contribution in [0.4, 0.5) is 0 Å². The minimum Gasteiger partial charge on any atom is -0.489 e. The standard InChI is InChI=1S/C37H37BrClNO3/c1-36(2)17-28-34(30(41)19-36)33(26-16-25(39)14-15-32(26)43-22-24-12-8-9-13-27(24)38)35-29(18-37(3,4)20-31(35)42)40(28)21-23-10-6-5-7-11-23/h5-16,33H,17-22H2,1-4H3. The normalized spacial score (nSPS) is 19.8. The molecule has 6 heteroatoms. The molecule has 0 saturated carbocycles. The monoisotopic (exact) mass is 657 g/mol. The van der Waals surface area contributed by atoms with Crippen LogP contribution >= 0.6 is 27.5 Å². The highest BCUT2D eigenvalue weighted by molar-refractivity contribution is 9.10. The van der Waals surface area contributed by atoms with E-state index in [1.54, 1.807) is 0 Å². The molecule has 0 fully saturated rings. The molecule has 3 aliphatic rings. The van der Waals surface area contributed by atoms with E-state index in [2.05, 4.69) is 60.7 Å². The lowest BCUT2D eigenvalue weighted by molar-refractivity contribution is -0.119. The second-order valence-corrected chi connectivity index (χ2v) is 15.0. The van der Waals surface area contributed by atoms with Crippen LogP contribution in [-0.2, 0) is 22.7 Å². The first kappa shape index (κ1) is 29.9. The molecule has 0 N–H and O–H groups in total. The number of halogens is 2. The average molecular weight is 659 g/mol. The number of carbonyl (C=O) groups excluding carboxylic acids is 2. The molecule has 222 valence electrons. The van der Waals surface area contributed by atoms with E-state index in [1.807, 2.05) is 60.7 Å². The van der Waals surface area contributed by atoms with E-state index >= 15 is 0 Å². The molecule has 0 unspecified atom stereocenters. The predicted molar refractivity (Wildman–Crippen MR) is 175 cm³/mol. The fourth-order valence-corrected chi connectivity index (χ4v) is 7.54. The SMILES string of the molecule is CC1(C)CC(=O)C2=C(C1)N(Cc1ccccc1)C1=C(C(=O)CC(C)(C)C1)C2c1cc(Cl)ccc1OCc1ccccc1Br. The maximum Gasteiger partial charge on any atom is 0.162 e. The van der Waals surface area contributed by atoms with Crippen molar-refractivity contribution < 1.29 is 14.3 Å². The van der Waals surface area contributed by atoms with Crippen molar-refractivity contribution >= 4 is 39.1 Å². The molecule has 0 bridgehead atoms. The van der Waals surface area contributed by atoms with Crippen molar-refractivity contribution in [1.82, 2.24) is 4.90 Å². The molecule has 3 aromatic carbocycles. The van der Waals surface area contributed by atoms with Gasteiger partial charge in [0.1, 0.15) is 12.4 Å². The third kappa shape index (κ3) is 5.99. The lowest BCUT2D eigenvalue weighted by Gasteiger charge is -2.49. The lowest BCUT2D eigenvalue weighted by atomic mass is 9.63. The van der Waals surface area contributed by atoms with Crippen LogP contribution in [0, 0.1) is 10.8 Å². The quantitative estimate of drug-likeness (QED) is 0.265. The molecule has 0 amide bonds. The van der Waals surface area contributed by atoms with E-state index in [0.717, 1.165) is 56.5 Å². The summed E-state index contributed by atoms with van der Waals surface area (Å²) in [5.74, 6) is 0.290. The zero-order valence-electron chi connectivity index (χ0n) is 25.2. The molecule has 3 aromatic rings. The third-order valence-electron chi connectivity index (χ3n) is 8.83. The summed E-state index contributed by atoms with van der Waals surface area (Å²) in [6, 6.07) is 23.9. The van der Waals surface area contributed by atoms with Gasteiger partial charge in [0, 0.05) is 68.5 Å². The van der Waals surface area contributed by atoms with Crippen molar-refractivity contribution in [3.05, 3.63) is 122 Å². The van der Waals surface area contributed by atoms with E-state index in [9.17, 15) is 9.59 Å². The first-order valence-corrected chi connectivity index (χ1v) is 16.1. The topological polar surface area (TPSA) is 46.6 Å². The molecule has 0 saturated heterocycles. The summed E-state index contributed by atoms with van der Waals surface area (Å²) in [6.07, 6.45) is 2.35. The van der Waals surface area contributed by atoms with Crippen LogP contribution in [0.2, 0.25) is 5.02 Å². The van der Waals surface area contributed by atoms with Crippen LogP contribution in [-0.4, -0.2) is 16.5 Å². The number of hydrogen-bond acceptors (Lipinski definition) is 4. The fourth-order valence-electron chi connectivity index (χ4n) is 6.96. The number of hydrogen-bond donors (Lipinski definition) is 0. The highest BCUT2D eigenvalue weighted by Crippen LogP contribution is 2.56. The van der Waals surface area contributed by atoms with E-state index < -0.39 is 5.92 Å². The molecule has 0 aromatic heterocycles. The maximum atomic E-state index is 14.3. The van der Waals surface area contributed by atoms with Gasteiger partial charge in [0.2, 0.25) is 0 Å². The fraction of sp³-hybridized carbons (Fsp3) is 0.351. The number of carbonyl (C=O) groups is 2. The lowest BCUT2D eigenvalue weighted by Crippen LogP contribution is -2.44. The zero-order valence-corrected chi connectivity index (χ0v) is 27.5. The first-order chi connectivity index (χ1) is 20.4. The number of nitrogens with zero attached hydrogens (tertiary/aromatic N) is 1. The molecule has 0 radical (unpaired) electrons. The van der Waals surface area contributed by atoms with Gasteiger partial charge in [0.15, 0.2) is 11.6 Å². The molecule has 1 aliphatic heterocycles. The number of allylic oxidation sites excluding steroid dienone is 4. The van der Waals surface area contributed by atoms with Crippen LogP contribution in [0.3, 0.4) is 0 Å². The molecular formula is C37H37BrClNO3. The van der Waals surface area contributed by atoms with Gasteiger partial charge in [-0.1, -0.05) is 104 Å². The van der Waals surface area contributed by atoms with Crippen molar-refractivity contribution in [2.45, 2.75) is 72.4 Å². The van der Waals surface area contributed by atoms with Gasteiger partial charge in [-0.25, -0.2) is 0 Å². The van der Waals surface area contributed by atoms with E-state index in [4.69, 9.17) is 16.3 Å². The average Bonchev–Trinajstić information content (AvgIpc) is 2.93. The number of ether oxygens (including phenoxy) is 1. The zero-order chi connectivity index (χ0) is 30.5. The second-order valence-electron chi connectivity index (χ2n) is 13.7. The Morgan fingerprint density at radius 2 is 1.40 bits per heavy atom. The number of ketones is 2. The van der Waals surface area contributed by atoms with Gasteiger partial charge < -0.3 is 9.64 Å². The summed E-state index contributed by atoms with van der Waals surface area (Å²) in [7, 11) is 0. The summed E-state index contributed by atoms with van der Waals surface area (Å²) < 4.78 is 7.44. The number of Topliss-reactive ketones (excluding diaryl/α,β-unsaturated/α-hetero) is 2. The molecule has 1 heterocycles. The van der Waals surface area contributed by atoms with Crippen LogP contribution < -0.4 is 4.74 Å². The Kier molecular flexibility index (Phi) is 7.93. The summed E-state index contributed by atoms with van der Waals surface area (Å²) in [6.45, 7) is 9.60. The molecule has 4 nitrogen and oxygen atoms in total. The van der Waals surface area contributed by atoms with Gasteiger partial charge in [-0.2, -0.15) is 0 Å². The van der Waals surface area contributed by atoms with E-state index in [1.165, 1.54) is 0 Å². The van der Waals surface area contributed by atoms with Crippen LogP contribution in [0.5, 0.6) is 5.75 Å². The molecule has 43 heavy (non-hydrogen) atoms. The largest absolute Gasteiger partial charge is 0.489 e. The highest BCUT2D eigenvalue weighted by atomic mass is 79.9. The van der Waals surface area contributed by atoms with Gasteiger partial charge in [-0.3, -0.25) is 9.59 Å². The Bertz CT molecular complexity index is 1620. The van der Waals surface area contributed by atoms with E-state index in [-0.39, 0.29) is 22.4 Å². The van der Waals surface area contributed by atoms with Crippen LogP contribution in [0.15, 0.2) is 99.8 Å². The van der Waals surface area contributed by atoms with Crippen molar-refractivity contribution in [1.29, 1.82) is 0 Å². The Labute approximate surface area is 267 Å². The smallest absolute Gasteiger partial charge is 0.162 e. The Morgan fingerprint density at radius 3 is 2.00 bits per heavy atom. The highest BCUT2D eigenvalue weighted by Gasteiger charge is 2.49. The van der Waals surface area contributed by atoms with Gasteiger partial charge in [0.05, 0.1) is 0 Å². The van der Waals surface area contributed by atoms with Gasteiger partial charge in [-0.05, 0) is 53.5 Å². The summed E-state index contributed by atoms with van der Waals surface area (Å²) in [5, 5.41) is 0.548. The first-order valence-electron chi connectivity index (χ1n) is 14.9. The molecule has 6 rings (SSSR count). The minimum atomic E-state index is -0.530. The molecule has 2 aliphatic carbocycles. The Morgan fingerprint density at radius 1 is 0.814 bits per heavy atom.